The van der Waals surface area contributed by atoms with Gasteiger partial charge in [0.1, 0.15) is 0 Å². The molecule has 0 spiro atoms. The van der Waals surface area contributed by atoms with Crippen LogP contribution in [0.1, 0.15) is 209 Å². The fourth-order valence-corrected chi connectivity index (χ4v) is 3.41. The summed E-state index contributed by atoms with van der Waals surface area (Å²) in [5.74, 6) is 0. The van der Waals surface area contributed by atoms with Crippen molar-refractivity contribution in [1.29, 1.82) is 0 Å². The number of unbranched alkanes of at least 4 members (excludes halogenated alkanes) is 20. The quantitative estimate of drug-likeness (QED) is 0.110. The first-order valence-corrected chi connectivity index (χ1v) is 15.7. The van der Waals surface area contributed by atoms with Gasteiger partial charge in [0.25, 0.3) is 0 Å². The predicted molar refractivity (Wildman–Crippen MR) is 175 cm³/mol. The molecule has 0 aromatic heterocycles. The van der Waals surface area contributed by atoms with Crippen molar-refractivity contribution in [1.82, 2.24) is 0 Å². The van der Waals surface area contributed by atoms with Crippen LogP contribution in [0.3, 0.4) is 0 Å². The van der Waals surface area contributed by atoms with Crippen molar-refractivity contribution in [3.8, 4) is 0 Å². The molecule has 216 valence electrons. The Balaban J connectivity index is -0.0000000754. The summed E-state index contributed by atoms with van der Waals surface area (Å²) in [5.41, 5.74) is 0. The normalized spacial score (nSPS) is 9.18. The molecule has 0 saturated carbocycles. The summed E-state index contributed by atoms with van der Waals surface area (Å²) in [7, 11) is 0. The van der Waals surface area contributed by atoms with Crippen LogP contribution >= 0.6 is 12.4 Å². The van der Waals surface area contributed by atoms with E-state index in [1.807, 2.05) is 0 Å². The van der Waals surface area contributed by atoms with E-state index in [1.54, 1.807) is 0 Å². The van der Waals surface area contributed by atoms with Gasteiger partial charge in [-0.3, -0.25) is 0 Å². The molecule has 34 heavy (non-hydrogen) atoms. The van der Waals surface area contributed by atoms with Crippen molar-refractivity contribution < 1.29 is 0 Å². The summed E-state index contributed by atoms with van der Waals surface area (Å²) in [6.45, 7) is 18.0. The van der Waals surface area contributed by atoms with Gasteiger partial charge in [0.05, 0.1) is 0 Å². The second-order valence-electron chi connectivity index (χ2n) is 9.66. The van der Waals surface area contributed by atoms with Gasteiger partial charge in [-0.25, -0.2) is 0 Å². The van der Waals surface area contributed by atoms with Gasteiger partial charge in [-0.15, -0.1) is 12.4 Å². The molecule has 0 nitrogen and oxygen atoms in total. The molecule has 0 unspecified atom stereocenters. The lowest BCUT2D eigenvalue weighted by atomic mass is 10.1. The maximum Gasteiger partial charge on any atom is -0.0149 e. The van der Waals surface area contributed by atoms with Crippen molar-refractivity contribution in [3.63, 3.8) is 0 Å². The van der Waals surface area contributed by atoms with Crippen LogP contribution in [0.4, 0.5) is 0 Å². The predicted octanol–water partition coefficient (Wildman–Crippen LogP) is 12.4. The molecule has 0 radical (unpaired) electrons. The average molecular weight is 526 g/mol. The van der Waals surface area contributed by atoms with Crippen LogP contribution in [-0.2, 0) is 0 Å². The highest BCUT2D eigenvalue weighted by molar-refractivity contribution is 5.85. The highest BCUT2D eigenvalue weighted by atomic mass is 35.5. The molecule has 0 N–H and O–H groups in total. The Morgan fingerprint density at radius 3 is 0.353 bits per heavy atom. The average Bonchev–Trinajstić information content (AvgIpc) is 2.82. The largest absolute Gasteiger partial charge is 0.147 e. The Morgan fingerprint density at radius 2 is 0.294 bits per heavy atom. The molecule has 0 aliphatic rings. The van der Waals surface area contributed by atoms with E-state index in [9.17, 15) is 0 Å². The van der Waals surface area contributed by atoms with Crippen LogP contribution < -0.4 is 0 Å². The highest BCUT2D eigenvalue weighted by Gasteiger charge is 1.85. The van der Waals surface area contributed by atoms with E-state index in [0.29, 0.717) is 0 Å². The van der Waals surface area contributed by atoms with Crippen LogP contribution in [0.2, 0.25) is 0 Å². The fraction of sp³-hybridized carbons (Fsp3) is 1.00. The van der Waals surface area contributed by atoms with Gasteiger partial charge in [0, 0.05) is 0 Å². The minimum absolute atomic E-state index is 0. The van der Waals surface area contributed by atoms with Crippen LogP contribution in [0.25, 0.3) is 0 Å². The standard InChI is InChI=1S/4C8H18.ClH.H4Si/c4*1-3-5-7-8-6-4-2;;/h4*3-8H2,1-2H3;1H;1H4. The fourth-order valence-electron chi connectivity index (χ4n) is 3.41. The van der Waals surface area contributed by atoms with Gasteiger partial charge >= 0.3 is 0 Å². The van der Waals surface area contributed by atoms with E-state index in [-0.39, 0.29) is 23.4 Å². The van der Waals surface area contributed by atoms with Crippen molar-refractivity contribution in [2.75, 3.05) is 0 Å². The molecule has 2 heteroatoms. The van der Waals surface area contributed by atoms with Gasteiger partial charge in [-0.1, -0.05) is 209 Å². The maximum absolute atomic E-state index is 2.26. The molecular weight excluding hydrogens is 448 g/mol. The second-order valence-corrected chi connectivity index (χ2v) is 9.66. The Labute approximate surface area is 232 Å². The monoisotopic (exact) mass is 525 g/mol. The molecule has 0 atom stereocenters. The van der Waals surface area contributed by atoms with Crippen molar-refractivity contribution in [2.45, 2.75) is 209 Å². The lowest BCUT2D eigenvalue weighted by molar-refractivity contribution is 0.624. The van der Waals surface area contributed by atoms with Crippen LogP contribution in [0, 0.1) is 0 Å². The van der Waals surface area contributed by atoms with Gasteiger partial charge < -0.3 is 0 Å². The zero-order valence-corrected chi connectivity index (χ0v) is 26.2. The van der Waals surface area contributed by atoms with Gasteiger partial charge in [0.2, 0.25) is 0 Å². The highest BCUT2D eigenvalue weighted by Crippen LogP contribution is 2.05. The third kappa shape index (κ3) is 76.7. The molecule has 0 fully saturated rings. The van der Waals surface area contributed by atoms with E-state index < -0.39 is 0 Å². The van der Waals surface area contributed by atoms with Crippen LogP contribution in [0.15, 0.2) is 0 Å². The lowest BCUT2D eigenvalue weighted by Gasteiger charge is -1.93. The van der Waals surface area contributed by atoms with Gasteiger partial charge in [0.15, 0.2) is 0 Å². The Hall–Kier alpha value is 0.507. The number of hydrogen-bond acceptors (Lipinski definition) is 0. The SMILES string of the molecule is CCCCCCCC.CCCCCCCC.CCCCCCCC.CCCCCCCC.Cl.[SiH4]. The minimum Gasteiger partial charge on any atom is -0.147 e. The zero-order valence-electron chi connectivity index (χ0n) is 25.4. The van der Waals surface area contributed by atoms with E-state index >= 15 is 0 Å². The van der Waals surface area contributed by atoms with Gasteiger partial charge in [-0.05, 0) is 11.0 Å². The second kappa shape index (κ2) is 59.0. The first-order valence-electron chi connectivity index (χ1n) is 15.7. The number of halogens is 1. The molecule has 0 aliphatic heterocycles. The molecular formula is C32H77ClSi. The molecule has 0 saturated heterocycles. The zero-order chi connectivity index (χ0) is 25.0. The molecule has 0 aromatic carbocycles. The molecule has 0 aliphatic carbocycles. The number of rotatable bonds is 20. The topological polar surface area (TPSA) is 0 Å². The van der Waals surface area contributed by atoms with E-state index in [0.717, 1.165) is 0 Å². The summed E-state index contributed by atoms with van der Waals surface area (Å²) >= 11 is 0. The summed E-state index contributed by atoms with van der Waals surface area (Å²) < 4.78 is 0. The molecule has 0 aromatic rings. The summed E-state index contributed by atoms with van der Waals surface area (Å²) in [6, 6.07) is 0. The molecule has 0 bridgehead atoms. The Bertz CT molecular complexity index is 161. The van der Waals surface area contributed by atoms with Crippen molar-refractivity contribution >= 4 is 23.4 Å². The van der Waals surface area contributed by atoms with Crippen LogP contribution in [-0.4, -0.2) is 11.0 Å². The first kappa shape index (κ1) is 47.7. The Kier molecular flexibility index (Phi) is 82.7. The smallest absolute Gasteiger partial charge is 0.0149 e. The third-order valence-electron chi connectivity index (χ3n) is 5.83. The Morgan fingerprint density at radius 1 is 0.206 bits per heavy atom. The summed E-state index contributed by atoms with van der Waals surface area (Å²) in [6.07, 6.45) is 34.0. The lowest BCUT2D eigenvalue weighted by Crippen LogP contribution is -1.73. The van der Waals surface area contributed by atoms with Gasteiger partial charge in [-0.2, -0.15) is 0 Å². The molecule has 0 amide bonds. The third-order valence-corrected chi connectivity index (χ3v) is 5.83. The first-order chi connectivity index (χ1) is 15.7. The maximum atomic E-state index is 2.26. The van der Waals surface area contributed by atoms with Crippen molar-refractivity contribution in [3.05, 3.63) is 0 Å². The minimum atomic E-state index is 0. The van der Waals surface area contributed by atoms with Crippen LogP contribution in [0.5, 0.6) is 0 Å². The van der Waals surface area contributed by atoms with E-state index in [2.05, 4.69) is 55.4 Å². The molecule has 0 rings (SSSR count). The van der Waals surface area contributed by atoms with E-state index in [4.69, 9.17) is 0 Å². The number of hydrogen-bond donors (Lipinski definition) is 0. The molecule has 0 heterocycles. The summed E-state index contributed by atoms with van der Waals surface area (Å²) in [4.78, 5) is 0. The van der Waals surface area contributed by atoms with Crippen molar-refractivity contribution in [2.24, 2.45) is 0 Å². The summed E-state index contributed by atoms with van der Waals surface area (Å²) in [5, 5.41) is 0. The van der Waals surface area contributed by atoms with E-state index in [1.165, 1.54) is 154 Å².